The van der Waals surface area contributed by atoms with Gasteiger partial charge in [0.15, 0.2) is 0 Å². The Labute approximate surface area is 55.0 Å². The van der Waals surface area contributed by atoms with Crippen molar-refractivity contribution in [1.29, 1.82) is 0 Å². The van der Waals surface area contributed by atoms with Crippen LogP contribution >= 0.6 is 11.6 Å². The van der Waals surface area contributed by atoms with Gasteiger partial charge in [-0.3, -0.25) is 0 Å². The largest absolute Gasteiger partial charge is 0.396 e. The Morgan fingerprint density at radius 3 is 1.50 bits per heavy atom. The molecule has 0 amide bonds. The monoisotopic (exact) mass is 145 g/mol. The highest BCUT2D eigenvalue weighted by Gasteiger charge is 1.71. The molecule has 0 aliphatic rings. The van der Waals surface area contributed by atoms with Crippen molar-refractivity contribution >= 4 is 11.6 Å². The summed E-state index contributed by atoms with van der Waals surface area (Å²) in [6.07, 6.45) is 0.710. The SMILES string of the molecule is N.N.N.OCCCCl. The molecule has 0 aromatic carbocycles. The molecule has 0 aromatic heterocycles. The lowest BCUT2D eigenvalue weighted by Crippen LogP contribution is -1.79. The van der Waals surface area contributed by atoms with Gasteiger partial charge in [-0.25, -0.2) is 0 Å². The molecule has 8 heavy (non-hydrogen) atoms. The smallest absolute Gasteiger partial charge is 0.0442 e. The van der Waals surface area contributed by atoms with Crippen molar-refractivity contribution in [3.63, 3.8) is 0 Å². The van der Waals surface area contributed by atoms with Crippen LogP contribution in [-0.2, 0) is 0 Å². The lowest BCUT2D eigenvalue weighted by molar-refractivity contribution is 0.296. The van der Waals surface area contributed by atoms with Gasteiger partial charge in [-0.15, -0.1) is 11.6 Å². The molecule has 0 bridgehead atoms. The lowest BCUT2D eigenvalue weighted by Gasteiger charge is -1.77. The van der Waals surface area contributed by atoms with Crippen LogP contribution in [0.25, 0.3) is 0 Å². The van der Waals surface area contributed by atoms with Crippen LogP contribution in [0.2, 0.25) is 0 Å². The second-order valence-corrected chi connectivity index (χ2v) is 1.14. The zero-order chi connectivity index (χ0) is 4.12. The quantitative estimate of drug-likeness (QED) is 0.434. The first-order valence-electron chi connectivity index (χ1n) is 1.58. The molecule has 0 saturated carbocycles. The molecule has 0 atom stereocenters. The van der Waals surface area contributed by atoms with E-state index in [1.165, 1.54) is 0 Å². The van der Waals surface area contributed by atoms with Crippen molar-refractivity contribution in [3.05, 3.63) is 0 Å². The van der Waals surface area contributed by atoms with Crippen LogP contribution in [-0.4, -0.2) is 17.6 Å². The maximum Gasteiger partial charge on any atom is 0.0442 e. The first kappa shape index (κ1) is 24.2. The maximum absolute atomic E-state index is 7.98. The average molecular weight is 146 g/mol. The number of halogens is 1. The first-order valence-corrected chi connectivity index (χ1v) is 2.12. The molecule has 5 heteroatoms. The minimum Gasteiger partial charge on any atom is -0.396 e. The van der Waals surface area contributed by atoms with Crippen LogP contribution in [0.4, 0.5) is 0 Å². The van der Waals surface area contributed by atoms with Gasteiger partial charge in [0.05, 0.1) is 0 Å². The Hall–Kier alpha value is 0.130. The summed E-state index contributed by atoms with van der Waals surface area (Å²) in [4.78, 5) is 0. The van der Waals surface area contributed by atoms with E-state index in [2.05, 4.69) is 0 Å². The molecule has 0 unspecified atom stereocenters. The minimum absolute atomic E-state index is 0. The second-order valence-electron chi connectivity index (χ2n) is 0.766. The fourth-order valence-corrected chi connectivity index (χ4v) is 0.179. The van der Waals surface area contributed by atoms with Gasteiger partial charge in [-0.2, -0.15) is 0 Å². The number of rotatable bonds is 2. The Kier molecular flexibility index (Phi) is 82.8. The summed E-state index contributed by atoms with van der Waals surface area (Å²) in [6, 6.07) is 0. The predicted molar refractivity (Wildman–Crippen MR) is 37.5 cm³/mol. The second kappa shape index (κ2) is 27.3. The highest BCUT2D eigenvalue weighted by atomic mass is 35.5. The van der Waals surface area contributed by atoms with Gasteiger partial charge in [-0.1, -0.05) is 0 Å². The predicted octanol–water partition coefficient (Wildman–Crippen LogP) is 1.09. The van der Waals surface area contributed by atoms with Gasteiger partial charge in [0.25, 0.3) is 0 Å². The van der Waals surface area contributed by atoms with E-state index in [-0.39, 0.29) is 25.1 Å². The molecule has 0 heterocycles. The summed E-state index contributed by atoms with van der Waals surface area (Å²) in [6.45, 7) is 0.212. The molecule has 0 fully saturated rings. The van der Waals surface area contributed by atoms with Gasteiger partial charge in [0.1, 0.15) is 0 Å². The van der Waals surface area contributed by atoms with E-state index < -0.39 is 0 Å². The van der Waals surface area contributed by atoms with Gasteiger partial charge in [-0.05, 0) is 6.42 Å². The maximum atomic E-state index is 7.98. The first-order chi connectivity index (χ1) is 2.41. The third-order valence-corrected chi connectivity index (χ3v) is 0.559. The molecule has 0 spiro atoms. The fourth-order valence-electron chi connectivity index (χ4n) is 0.0598. The fraction of sp³-hybridized carbons (Fsp3) is 1.00. The van der Waals surface area contributed by atoms with Crippen molar-refractivity contribution in [2.75, 3.05) is 12.5 Å². The summed E-state index contributed by atoms with van der Waals surface area (Å²) in [7, 11) is 0. The minimum atomic E-state index is 0. The summed E-state index contributed by atoms with van der Waals surface area (Å²) in [5.74, 6) is 0.566. The Morgan fingerprint density at radius 1 is 1.12 bits per heavy atom. The molecular weight excluding hydrogens is 130 g/mol. The summed E-state index contributed by atoms with van der Waals surface area (Å²) < 4.78 is 0. The van der Waals surface area contributed by atoms with Crippen molar-refractivity contribution in [3.8, 4) is 0 Å². The van der Waals surface area contributed by atoms with Gasteiger partial charge in [0.2, 0.25) is 0 Å². The molecule has 0 radical (unpaired) electrons. The summed E-state index contributed by atoms with van der Waals surface area (Å²) in [5, 5.41) is 7.98. The number of hydrogen-bond acceptors (Lipinski definition) is 4. The van der Waals surface area contributed by atoms with E-state index in [4.69, 9.17) is 16.7 Å². The zero-order valence-corrected chi connectivity index (χ0v) is 5.82. The Morgan fingerprint density at radius 2 is 1.50 bits per heavy atom. The number of aliphatic hydroxyl groups is 1. The van der Waals surface area contributed by atoms with Gasteiger partial charge in [0, 0.05) is 12.5 Å². The van der Waals surface area contributed by atoms with Crippen LogP contribution in [0.5, 0.6) is 0 Å². The van der Waals surface area contributed by atoms with Crippen molar-refractivity contribution in [2.24, 2.45) is 0 Å². The molecule has 0 aromatic rings. The van der Waals surface area contributed by atoms with Crippen LogP contribution < -0.4 is 18.5 Å². The highest BCUT2D eigenvalue weighted by molar-refractivity contribution is 6.17. The molecule has 56 valence electrons. The molecule has 0 aliphatic heterocycles. The highest BCUT2D eigenvalue weighted by Crippen LogP contribution is 1.77. The molecule has 10 N–H and O–H groups in total. The number of aliphatic hydroxyl groups excluding tert-OH is 1. The molecule has 0 rings (SSSR count). The Balaban J connectivity index is -0.0000000267. The summed E-state index contributed by atoms with van der Waals surface area (Å²) >= 11 is 5.14. The lowest BCUT2D eigenvalue weighted by atomic mass is 10.5. The van der Waals surface area contributed by atoms with Crippen molar-refractivity contribution < 1.29 is 5.11 Å². The normalized spacial score (nSPS) is 5.25. The van der Waals surface area contributed by atoms with E-state index in [0.717, 1.165) is 0 Å². The third-order valence-electron chi connectivity index (χ3n) is 0.292. The molecular formula is C3H16ClN3O. The van der Waals surface area contributed by atoms with Crippen molar-refractivity contribution in [2.45, 2.75) is 6.42 Å². The number of hydrogen-bond donors (Lipinski definition) is 4. The van der Waals surface area contributed by atoms with Crippen LogP contribution in [0.15, 0.2) is 0 Å². The van der Waals surface area contributed by atoms with E-state index in [1.807, 2.05) is 0 Å². The van der Waals surface area contributed by atoms with Crippen LogP contribution in [0.1, 0.15) is 6.42 Å². The van der Waals surface area contributed by atoms with Gasteiger partial charge < -0.3 is 23.6 Å². The van der Waals surface area contributed by atoms with E-state index in [1.54, 1.807) is 0 Å². The Bertz CT molecular complexity index is 22.0. The van der Waals surface area contributed by atoms with E-state index in [0.29, 0.717) is 12.3 Å². The zero-order valence-electron chi connectivity index (χ0n) is 5.07. The topological polar surface area (TPSA) is 125 Å². The molecule has 0 saturated heterocycles. The van der Waals surface area contributed by atoms with E-state index in [9.17, 15) is 0 Å². The molecule has 4 nitrogen and oxygen atoms in total. The summed E-state index contributed by atoms with van der Waals surface area (Å²) in [5.41, 5.74) is 0. The van der Waals surface area contributed by atoms with E-state index >= 15 is 0 Å². The van der Waals surface area contributed by atoms with Crippen LogP contribution in [0, 0.1) is 0 Å². The average Bonchev–Trinajstić information content (AvgIpc) is 1.41. The molecule has 0 aliphatic carbocycles. The number of alkyl halides is 1. The van der Waals surface area contributed by atoms with Gasteiger partial charge >= 0.3 is 0 Å². The van der Waals surface area contributed by atoms with Crippen LogP contribution in [0.3, 0.4) is 0 Å². The van der Waals surface area contributed by atoms with Crippen molar-refractivity contribution in [1.82, 2.24) is 18.5 Å². The third kappa shape index (κ3) is 35.6. The standard InChI is InChI=1S/C3H7ClO.3H3N/c4-2-1-3-5;;;/h5H,1-3H2;3*1H3.